The van der Waals surface area contributed by atoms with Crippen molar-refractivity contribution >= 4 is 0 Å². The van der Waals surface area contributed by atoms with Crippen molar-refractivity contribution in [2.45, 2.75) is 71.8 Å². The van der Waals surface area contributed by atoms with Gasteiger partial charge >= 0.3 is 0 Å². The molecular weight excluding hydrogens is 206 g/mol. The van der Waals surface area contributed by atoms with Gasteiger partial charge in [-0.05, 0) is 62.3 Å². The SMILES string of the molecule is CCCC(C)C(CC1CC2CCC1C2)NCC. The Labute approximate surface area is 108 Å². The van der Waals surface area contributed by atoms with Crippen molar-refractivity contribution in [1.29, 1.82) is 0 Å². The van der Waals surface area contributed by atoms with Crippen LogP contribution in [-0.4, -0.2) is 12.6 Å². The maximum Gasteiger partial charge on any atom is 0.00953 e. The van der Waals surface area contributed by atoms with Crippen molar-refractivity contribution < 1.29 is 0 Å². The lowest BCUT2D eigenvalue weighted by atomic mass is 9.80. The first-order valence-electron chi connectivity index (χ1n) is 7.97. The minimum atomic E-state index is 0.782. The van der Waals surface area contributed by atoms with E-state index in [1.807, 2.05) is 0 Å². The van der Waals surface area contributed by atoms with Gasteiger partial charge in [0.05, 0.1) is 0 Å². The molecule has 2 bridgehead atoms. The number of hydrogen-bond acceptors (Lipinski definition) is 1. The van der Waals surface area contributed by atoms with E-state index in [0.29, 0.717) is 0 Å². The van der Waals surface area contributed by atoms with E-state index in [0.717, 1.165) is 36.3 Å². The minimum absolute atomic E-state index is 0.782. The van der Waals surface area contributed by atoms with E-state index in [2.05, 4.69) is 26.1 Å². The van der Waals surface area contributed by atoms with Crippen LogP contribution in [0.25, 0.3) is 0 Å². The van der Waals surface area contributed by atoms with Crippen LogP contribution < -0.4 is 5.32 Å². The summed E-state index contributed by atoms with van der Waals surface area (Å²) in [6, 6.07) is 0.782. The highest BCUT2D eigenvalue weighted by atomic mass is 14.9. The molecule has 1 N–H and O–H groups in total. The normalized spacial score (nSPS) is 35.1. The standard InChI is InChI=1S/C16H31N/c1-4-6-12(3)16(17-5-2)11-15-10-13-7-8-14(15)9-13/h12-17H,4-11H2,1-3H3. The fourth-order valence-corrected chi connectivity index (χ4v) is 4.43. The molecule has 100 valence electrons. The summed E-state index contributed by atoms with van der Waals surface area (Å²) < 4.78 is 0. The van der Waals surface area contributed by atoms with Crippen LogP contribution in [0.2, 0.25) is 0 Å². The third-order valence-electron chi connectivity index (χ3n) is 5.34. The molecule has 0 heterocycles. The van der Waals surface area contributed by atoms with Gasteiger partial charge in [0.2, 0.25) is 0 Å². The third-order valence-corrected chi connectivity index (χ3v) is 5.34. The van der Waals surface area contributed by atoms with Gasteiger partial charge < -0.3 is 5.32 Å². The van der Waals surface area contributed by atoms with Crippen LogP contribution in [0, 0.1) is 23.7 Å². The Morgan fingerprint density at radius 2 is 2.00 bits per heavy atom. The number of hydrogen-bond donors (Lipinski definition) is 1. The van der Waals surface area contributed by atoms with E-state index >= 15 is 0 Å². The lowest BCUT2D eigenvalue weighted by molar-refractivity contribution is 0.238. The largest absolute Gasteiger partial charge is 0.314 e. The average molecular weight is 237 g/mol. The zero-order valence-corrected chi connectivity index (χ0v) is 12.0. The molecule has 17 heavy (non-hydrogen) atoms. The van der Waals surface area contributed by atoms with Crippen LogP contribution in [0.15, 0.2) is 0 Å². The van der Waals surface area contributed by atoms with Crippen LogP contribution in [0.5, 0.6) is 0 Å². The molecule has 0 aliphatic heterocycles. The Balaban J connectivity index is 1.84. The highest BCUT2D eigenvalue weighted by Crippen LogP contribution is 2.50. The fourth-order valence-electron chi connectivity index (χ4n) is 4.43. The number of nitrogens with one attached hydrogen (secondary N) is 1. The Morgan fingerprint density at radius 1 is 1.18 bits per heavy atom. The zero-order chi connectivity index (χ0) is 12.3. The molecule has 5 unspecified atom stereocenters. The van der Waals surface area contributed by atoms with Gasteiger partial charge in [-0.3, -0.25) is 0 Å². The topological polar surface area (TPSA) is 12.0 Å². The monoisotopic (exact) mass is 237 g/mol. The van der Waals surface area contributed by atoms with Gasteiger partial charge in [0.1, 0.15) is 0 Å². The molecule has 1 heteroatoms. The van der Waals surface area contributed by atoms with E-state index in [1.165, 1.54) is 32.1 Å². The molecule has 2 fully saturated rings. The second-order valence-electron chi connectivity index (χ2n) is 6.60. The smallest absolute Gasteiger partial charge is 0.00953 e. The molecule has 0 saturated heterocycles. The first-order valence-corrected chi connectivity index (χ1v) is 7.97. The van der Waals surface area contributed by atoms with Gasteiger partial charge in [-0.15, -0.1) is 0 Å². The molecule has 2 aliphatic rings. The summed E-state index contributed by atoms with van der Waals surface area (Å²) in [6.45, 7) is 8.16. The van der Waals surface area contributed by atoms with Crippen molar-refractivity contribution in [3.8, 4) is 0 Å². The van der Waals surface area contributed by atoms with Crippen molar-refractivity contribution in [1.82, 2.24) is 5.32 Å². The number of rotatable bonds is 7. The van der Waals surface area contributed by atoms with Gasteiger partial charge in [-0.25, -0.2) is 0 Å². The number of fused-ring (bicyclic) bond motifs is 2. The Bertz CT molecular complexity index is 226. The van der Waals surface area contributed by atoms with Crippen molar-refractivity contribution in [3.05, 3.63) is 0 Å². The second kappa shape index (κ2) is 6.22. The lowest BCUT2D eigenvalue weighted by Gasteiger charge is -2.31. The fraction of sp³-hybridized carbons (Fsp3) is 1.00. The zero-order valence-electron chi connectivity index (χ0n) is 12.0. The van der Waals surface area contributed by atoms with E-state index in [9.17, 15) is 0 Å². The summed E-state index contributed by atoms with van der Waals surface area (Å²) in [5.74, 6) is 4.11. The summed E-state index contributed by atoms with van der Waals surface area (Å²) in [7, 11) is 0. The Kier molecular flexibility index (Phi) is 4.90. The second-order valence-corrected chi connectivity index (χ2v) is 6.60. The summed E-state index contributed by atoms with van der Waals surface area (Å²) in [4.78, 5) is 0. The van der Waals surface area contributed by atoms with Crippen LogP contribution in [0.1, 0.15) is 65.7 Å². The molecule has 0 aromatic rings. The highest BCUT2D eigenvalue weighted by molar-refractivity contribution is 4.92. The molecule has 0 spiro atoms. The van der Waals surface area contributed by atoms with E-state index in [1.54, 1.807) is 12.8 Å². The maximum atomic E-state index is 3.75. The predicted molar refractivity (Wildman–Crippen MR) is 75.1 cm³/mol. The third kappa shape index (κ3) is 3.24. The van der Waals surface area contributed by atoms with Gasteiger partial charge in [0.25, 0.3) is 0 Å². The summed E-state index contributed by atoms with van der Waals surface area (Å²) in [6.07, 6.45) is 10.4. The van der Waals surface area contributed by atoms with Crippen LogP contribution in [0.3, 0.4) is 0 Å². The van der Waals surface area contributed by atoms with Crippen molar-refractivity contribution in [2.24, 2.45) is 23.7 Å². The molecule has 0 radical (unpaired) electrons. The summed E-state index contributed by atoms with van der Waals surface area (Å²) >= 11 is 0. The van der Waals surface area contributed by atoms with Crippen LogP contribution >= 0.6 is 0 Å². The molecule has 0 aromatic heterocycles. The molecule has 2 rings (SSSR count). The average Bonchev–Trinajstić information content (AvgIpc) is 2.90. The van der Waals surface area contributed by atoms with Gasteiger partial charge in [-0.1, -0.05) is 33.6 Å². The summed E-state index contributed by atoms with van der Waals surface area (Å²) in [5.41, 5.74) is 0. The van der Waals surface area contributed by atoms with Crippen molar-refractivity contribution in [3.63, 3.8) is 0 Å². The summed E-state index contributed by atoms with van der Waals surface area (Å²) in [5, 5.41) is 3.75. The molecule has 0 amide bonds. The Morgan fingerprint density at radius 3 is 2.53 bits per heavy atom. The van der Waals surface area contributed by atoms with Crippen LogP contribution in [-0.2, 0) is 0 Å². The molecule has 5 atom stereocenters. The van der Waals surface area contributed by atoms with Crippen LogP contribution in [0.4, 0.5) is 0 Å². The molecule has 1 nitrogen and oxygen atoms in total. The predicted octanol–water partition coefficient (Wildman–Crippen LogP) is 4.23. The van der Waals surface area contributed by atoms with Gasteiger partial charge in [-0.2, -0.15) is 0 Å². The highest BCUT2D eigenvalue weighted by Gasteiger charge is 2.40. The first-order chi connectivity index (χ1) is 8.24. The lowest BCUT2D eigenvalue weighted by Crippen LogP contribution is -2.37. The molecular formula is C16H31N. The van der Waals surface area contributed by atoms with Gasteiger partial charge in [0.15, 0.2) is 0 Å². The van der Waals surface area contributed by atoms with E-state index < -0.39 is 0 Å². The quantitative estimate of drug-likeness (QED) is 0.699. The molecule has 2 saturated carbocycles. The Hall–Kier alpha value is -0.0400. The maximum absolute atomic E-state index is 3.75. The van der Waals surface area contributed by atoms with Gasteiger partial charge in [0, 0.05) is 6.04 Å². The molecule has 2 aliphatic carbocycles. The minimum Gasteiger partial charge on any atom is -0.314 e. The first kappa shape index (κ1) is 13.4. The molecule has 0 aromatic carbocycles. The van der Waals surface area contributed by atoms with Crippen molar-refractivity contribution in [2.75, 3.05) is 6.54 Å². The van der Waals surface area contributed by atoms with E-state index in [-0.39, 0.29) is 0 Å². The van der Waals surface area contributed by atoms with E-state index in [4.69, 9.17) is 0 Å².